The van der Waals surface area contributed by atoms with Gasteiger partial charge in [0.2, 0.25) is 0 Å². The van der Waals surface area contributed by atoms with Crippen LogP contribution < -0.4 is 0 Å². The van der Waals surface area contributed by atoms with Crippen LogP contribution in [0.1, 0.15) is 30.7 Å². The predicted octanol–water partition coefficient (Wildman–Crippen LogP) is 3.71. The van der Waals surface area contributed by atoms with E-state index in [4.69, 9.17) is 0 Å². The van der Waals surface area contributed by atoms with E-state index in [1.54, 1.807) is 16.4 Å². The summed E-state index contributed by atoms with van der Waals surface area (Å²) in [5.41, 5.74) is 1.24. The Hall–Kier alpha value is -1.17. The summed E-state index contributed by atoms with van der Waals surface area (Å²) in [6, 6.07) is 13.8. The van der Waals surface area contributed by atoms with Crippen LogP contribution in [0.5, 0.6) is 0 Å². The van der Waals surface area contributed by atoms with Crippen molar-refractivity contribution in [3.05, 3.63) is 53.4 Å². The van der Waals surface area contributed by atoms with Gasteiger partial charge in [-0.1, -0.05) is 42.8 Å². The van der Waals surface area contributed by atoms with E-state index in [1.807, 2.05) is 23.6 Å². The lowest BCUT2D eigenvalue weighted by molar-refractivity contribution is 0.407. The Kier molecular flexibility index (Phi) is 4.42. The van der Waals surface area contributed by atoms with Crippen LogP contribution in [-0.4, -0.2) is 25.8 Å². The fourth-order valence-corrected chi connectivity index (χ4v) is 5.53. The summed E-state index contributed by atoms with van der Waals surface area (Å²) >= 11 is 1.30. The standard InChI is InChI=1S/C16H19NO2S2/c18-21(19,16-10-6-12-20-16)17-11-5-4-9-15(13-17)14-7-2-1-3-8-14/h1-3,6-8,10,12,15H,4-5,9,11,13H2. The van der Waals surface area contributed by atoms with E-state index >= 15 is 0 Å². The molecule has 2 heterocycles. The molecule has 0 amide bonds. The molecule has 0 spiro atoms. The van der Waals surface area contributed by atoms with Gasteiger partial charge < -0.3 is 0 Å². The van der Waals surface area contributed by atoms with Crippen LogP contribution in [0.4, 0.5) is 0 Å². The van der Waals surface area contributed by atoms with Crippen molar-refractivity contribution in [3.63, 3.8) is 0 Å². The number of benzene rings is 1. The second-order valence-corrected chi connectivity index (χ2v) is 8.51. The van der Waals surface area contributed by atoms with Crippen LogP contribution in [0.25, 0.3) is 0 Å². The maximum atomic E-state index is 12.7. The van der Waals surface area contributed by atoms with Crippen LogP contribution >= 0.6 is 11.3 Å². The largest absolute Gasteiger partial charge is 0.252 e. The molecule has 0 N–H and O–H groups in total. The van der Waals surface area contributed by atoms with Gasteiger partial charge in [-0.2, -0.15) is 4.31 Å². The highest BCUT2D eigenvalue weighted by Crippen LogP contribution is 2.30. The average molecular weight is 321 g/mol. The van der Waals surface area contributed by atoms with Crippen molar-refractivity contribution in [2.75, 3.05) is 13.1 Å². The van der Waals surface area contributed by atoms with Gasteiger partial charge in [-0.15, -0.1) is 11.3 Å². The highest BCUT2D eigenvalue weighted by atomic mass is 32.2. The van der Waals surface area contributed by atoms with E-state index in [0.717, 1.165) is 19.3 Å². The molecule has 1 unspecified atom stereocenters. The molecular weight excluding hydrogens is 302 g/mol. The third-order valence-electron chi connectivity index (χ3n) is 3.99. The minimum atomic E-state index is -3.33. The van der Waals surface area contributed by atoms with Crippen molar-refractivity contribution in [2.45, 2.75) is 29.4 Å². The second kappa shape index (κ2) is 6.30. The lowest BCUT2D eigenvalue weighted by Crippen LogP contribution is -2.33. The minimum absolute atomic E-state index is 0.295. The van der Waals surface area contributed by atoms with Crippen molar-refractivity contribution >= 4 is 21.4 Å². The Morgan fingerprint density at radius 2 is 1.86 bits per heavy atom. The normalized spacial score (nSPS) is 21.0. The molecule has 1 aromatic heterocycles. The summed E-state index contributed by atoms with van der Waals surface area (Å²) in [5.74, 6) is 0.295. The molecule has 0 aliphatic carbocycles. The van der Waals surface area contributed by atoms with Crippen LogP contribution in [-0.2, 0) is 10.0 Å². The zero-order chi connectivity index (χ0) is 14.7. The van der Waals surface area contributed by atoms with Crippen molar-refractivity contribution < 1.29 is 8.42 Å². The number of nitrogens with zero attached hydrogens (tertiary/aromatic N) is 1. The summed E-state index contributed by atoms with van der Waals surface area (Å²) in [6.45, 7) is 1.22. The number of hydrogen-bond acceptors (Lipinski definition) is 3. The molecule has 2 aromatic rings. The quantitative estimate of drug-likeness (QED) is 0.864. The number of rotatable bonds is 3. The van der Waals surface area contributed by atoms with Crippen LogP contribution in [0.2, 0.25) is 0 Å². The molecule has 1 atom stereocenters. The van der Waals surface area contributed by atoms with Crippen LogP contribution in [0.15, 0.2) is 52.1 Å². The van der Waals surface area contributed by atoms with E-state index in [9.17, 15) is 8.42 Å². The molecule has 5 heteroatoms. The fourth-order valence-electron chi connectivity index (χ4n) is 2.86. The molecule has 0 radical (unpaired) electrons. The Balaban J connectivity index is 1.86. The highest BCUT2D eigenvalue weighted by Gasteiger charge is 2.29. The fraction of sp³-hybridized carbons (Fsp3) is 0.375. The predicted molar refractivity (Wildman–Crippen MR) is 86.1 cm³/mol. The number of thiophene rings is 1. The van der Waals surface area contributed by atoms with E-state index in [0.29, 0.717) is 23.2 Å². The SMILES string of the molecule is O=S(=O)(c1cccs1)N1CCCCC(c2ccccc2)C1. The Morgan fingerprint density at radius 1 is 1.05 bits per heavy atom. The minimum Gasteiger partial charge on any atom is -0.206 e. The van der Waals surface area contributed by atoms with Gasteiger partial charge in [-0.05, 0) is 35.8 Å². The molecule has 0 saturated carbocycles. The van der Waals surface area contributed by atoms with E-state index in [-0.39, 0.29) is 0 Å². The molecule has 1 saturated heterocycles. The Morgan fingerprint density at radius 3 is 2.57 bits per heavy atom. The maximum absolute atomic E-state index is 12.7. The maximum Gasteiger partial charge on any atom is 0.252 e. The zero-order valence-corrected chi connectivity index (χ0v) is 13.4. The van der Waals surface area contributed by atoms with Gasteiger partial charge in [0.25, 0.3) is 10.0 Å². The van der Waals surface area contributed by atoms with E-state index in [2.05, 4.69) is 12.1 Å². The Bertz CT molecular complexity index is 666. The summed E-state index contributed by atoms with van der Waals surface area (Å²) in [4.78, 5) is 0. The van der Waals surface area contributed by atoms with Crippen LogP contribution in [0.3, 0.4) is 0 Å². The second-order valence-electron chi connectivity index (χ2n) is 5.40. The molecule has 112 valence electrons. The lowest BCUT2D eigenvalue weighted by atomic mass is 9.95. The molecule has 3 rings (SSSR count). The monoisotopic (exact) mass is 321 g/mol. The summed E-state index contributed by atoms with van der Waals surface area (Å²) in [6.07, 6.45) is 3.07. The smallest absolute Gasteiger partial charge is 0.206 e. The molecule has 0 bridgehead atoms. The molecule has 1 fully saturated rings. The average Bonchev–Trinajstić information content (AvgIpc) is 2.93. The Labute approximate surface area is 130 Å². The van der Waals surface area contributed by atoms with Crippen molar-refractivity contribution in [1.82, 2.24) is 4.31 Å². The van der Waals surface area contributed by atoms with Gasteiger partial charge in [0.1, 0.15) is 4.21 Å². The number of sulfonamides is 1. The van der Waals surface area contributed by atoms with Gasteiger partial charge in [-0.25, -0.2) is 8.42 Å². The molecule has 1 aliphatic rings. The van der Waals surface area contributed by atoms with Gasteiger partial charge in [-0.3, -0.25) is 0 Å². The molecule has 21 heavy (non-hydrogen) atoms. The number of hydrogen-bond donors (Lipinski definition) is 0. The van der Waals surface area contributed by atoms with E-state index < -0.39 is 10.0 Å². The summed E-state index contributed by atoms with van der Waals surface area (Å²) in [5, 5.41) is 1.82. The first-order valence-electron chi connectivity index (χ1n) is 7.26. The third-order valence-corrected chi connectivity index (χ3v) is 7.23. The van der Waals surface area contributed by atoms with Crippen molar-refractivity contribution in [1.29, 1.82) is 0 Å². The highest BCUT2D eigenvalue weighted by molar-refractivity contribution is 7.91. The first-order valence-corrected chi connectivity index (χ1v) is 9.58. The first-order chi connectivity index (χ1) is 10.2. The lowest BCUT2D eigenvalue weighted by Gasteiger charge is -2.23. The molecule has 1 aromatic carbocycles. The topological polar surface area (TPSA) is 37.4 Å². The van der Waals surface area contributed by atoms with Gasteiger partial charge in [0, 0.05) is 13.1 Å². The first kappa shape index (κ1) is 14.8. The van der Waals surface area contributed by atoms with Crippen molar-refractivity contribution in [2.24, 2.45) is 0 Å². The summed E-state index contributed by atoms with van der Waals surface area (Å²) in [7, 11) is -3.33. The van der Waals surface area contributed by atoms with Crippen molar-refractivity contribution in [3.8, 4) is 0 Å². The van der Waals surface area contributed by atoms with E-state index in [1.165, 1.54) is 16.9 Å². The third kappa shape index (κ3) is 3.20. The van der Waals surface area contributed by atoms with Gasteiger partial charge in [0.05, 0.1) is 0 Å². The molecular formula is C16H19NO2S2. The van der Waals surface area contributed by atoms with Crippen LogP contribution in [0, 0.1) is 0 Å². The molecule has 3 nitrogen and oxygen atoms in total. The van der Waals surface area contributed by atoms with Gasteiger partial charge in [0.15, 0.2) is 0 Å². The van der Waals surface area contributed by atoms with Gasteiger partial charge >= 0.3 is 0 Å². The molecule has 1 aliphatic heterocycles. The summed E-state index contributed by atoms with van der Waals surface area (Å²) < 4.78 is 27.6. The zero-order valence-electron chi connectivity index (χ0n) is 11.8.